The molecule has 0 spiro atoms. The zero-order valence-corrected chi connectivity index (χ0v) is 11.2. The van der Waals surface area contributed by atoms with Crippen molar-refractivity contribution in [1.29, 1.82) is 0 Å². The van der Waals surface area contributed by atoms with Gasteiger partial charge in [-0.3, -0.25) is 4.79 Å². The van der Waals surface area contributed by atoms with E-state index in [1.165, 1.54) is 18.6 Å². The first-order valence-corrected chi connectivity index (χ1v) is 7.54. The average molecular weight is 265 g/mol. The standard InChI is InChI=1S/C14H19NO2S/c16-14(17)8-9-15(12-5-2-1-3-6-12)13-7-4-10-18-11-13/h1-3,5-6,13H,4,7-11H2,(H,16,17). The van der Waals surface area contributed by atoms with Gasteiger partial charge in [0.15, 0.2) is 0 Å². The lowest BCUT2D eigenvalue weighted by atomic mass is 10.1. The van der Waals surface area contributed by atoms with E-state index in [-0.39, 0.29) is 6.42 Å². The van der Waals surface area contributed by atoms with Gasteiger partial charge in [-0.15, -0.1) is 0 Å². The van der Waals surface area contributed by atoms with Crippen molar-refractivity contribution in [2.75, 3.05) is 23.0 Å². The van der Waals surface area contributed by atoms with Gasteiger partial charge in [-0.1, -0.05) is 18.2 Å². The van der Waals surface area contributed by atoms with Crippen LogP contribution in [0.5, 0.6) is 0 Å². The molecule has 1 aromatic carbocycles. The maximum Gasteiger partial charge on any atom is 0.305 e. The lowest BCUT2D eigenvalue weighted by molar-refractivity contribution is -0.136. The maximum atomic E-state index is 10.8. The van der Waals surface area contributed by atoms with Gasteiger partial charge in [0, 0.05) is 24.0 Å². The maximum absolute atomic E-state index is 10.8. The van der Waals surface area contributed by atoms with E-state index in [1.807, 2.05) is 30.0 Å². The van der Waals surface area contributed by atoms with Crippen LogP contribution in [0, 0.1) is 0 Å². The van der Waals surface area contributed by atoms with Crippen molar-refractivity contribution in [3.8, 4) is 0 Å². The van der Waals surface area contributed by atoms with Crippen LogP contribution in [-0.2, 0) is 4.79 Å². The molecule has 3 nitrogen and oxygen atoms in total. The summed E-state index contributed by atoms with van der Waals surface area (Å²) in [5.41, 5.74) is 1.14. The van der Waals surface area contributed by atoms with Gasteiger partial charge in [-0.25, -0.2) is 0 Å². The summed E-state index contributed by atoms with van der Waals surface area (Å²) in [6.07, 6.45) is 2.60. The van der Waals surface area contributed by atoms with E-state index in [0.717, 1.165) is 11.4 Å². The number of carboxylic acids is 1. The zero-order valence-electron chi connectivity index (χ0n) is 10.4. The molecule has 18 heavy (non-hydrogen) atoms. The summed E-state index contributed by atoms with van der Waals surface area (Å²) in [4.78, 5) is 13.1. The zero-order chi connectivity index (χ0) is 12.8. The largest absolute Gasteiger partial charge is 0.481 e. The van der Waals surface area contributed by atoms with Gasteiger partial charge in [-0.05, 0) is 30.7 Å². The third-order valence-corrected chi connectivity index (χ3v) is 4.43. The molecule has 1 saturated heterocycles. The number of hydrogen-bond acceptors (Lipinski definition) is 3. The van der Waals surface area contributed by atoms with Crippen LogP contribution in [0.2, 0.25) is 0 Å². The highest BCUT2D eigenvalue weighted by Crippen LogP contribution is 2.26. The van der Waals surface area contributed by atoms with E-state index < -0.39 is 5.97 Å². The Morgan fingerprint density at radius 3 is 2.78 bits per heavy atom. The Kier molecular flexibility index (Phi) is 4.93. The second-order valence-electron chi connectivity index (χ2n) is 4.54. The number of aliphatic carboxylic acids is 1. The van der Waals surface area contributed by atoms with Gasteiger partial charge in [0.25, 0.3) is 0 Å². The minimum Gasteiger partial charge on any atom is -0.481 e. The summed E-state index contributed by atoms with van der Waals surface area (Å²) in [6, 6.07) is 10.6. The fourth-order valence-electron chi connectivity index (χ4n) is 2.33. The number of nitrogens with zero attached hydrogens (tertiary/aromatic N) is 1. The molecule has 1 fully saturated rings. The van der Waals surface area contributed by atoms with E-state index >= 15 is 0 Å². The number of carboxylic acid groups (broad SMARTS) is 1. The number of benzene rings is 1. The van der Waals surface area contributed by atoms with Crippen LogP contribution >= 0.6 is 11.8 Å². The minimum absolute atomic E-state index is 0.204. The minimum atomic E-state index is -0.723. The van der Waals surface area contributed by atoms with Crippen LogP contribution < -0.4 is 4.90 Å². The summed E-state index contributed by atoms with van der Waals surface area (Å²) in [5, 5.41) is 8.88. The van der Waals surface area contributed by atoms with Crippen molar-refractivity contribution in [3.05, 3.63) is 30.3 Å². The number of anilines is 1. The molecule has 1 N–H and O–H groups in total. The summed E-state index contributed by atoms with van der Waals surface area (Å²) in [7, 11) is 0. The fraction of sp³-hybridized carbons (Fsp3) is 0.500. The van der Waals surface area contributed by atoms with E-state index in [2.05, 4.69) is 17.0 Å². The quantitative estimate of drug-likeness (QED) is 0.888. The Labute approximate surface area is 112 Å². The molecule has 1 aromatic rings. The number of thioether (sulfide) groups is 1. The smallest absolute Gasteiger partial charge is 0.305 e. The molecule has 1 heterocycles. The number of rotatable bonds is 5. The fourth-order valence-corrected chi connectivity index (χ4v) is 3.48. The van der Waals surface area contributed by atoms with Gasteiger partial charge in [0.2, 0.25) is 0 Å². The molecule has 0 radical (unpaired) electrons. The third kappa shape index (κ3) is 3.67. The molecule has 0 amide bonds. The van der Waals surface area contributed by atoms with Crippen molar-refractivity contribution in [2.24, 2.45) is 0 Å². The van der Waals surface area contributed by atoms with Crippen molar-refractivity contribution in [1.82, 2.24) is 0 Å². The molecule has 0 aromatic heterocycles. The predicted molar refractivity (Wildman–Crippen MR) is 76.4 cm³/mol. The van der Waals surface area contributed by atoms with Crippen LogP contribution in [0.25, 0.3) is 0 Å². The van der Waals surface area contributed by atoms with Crippen molar-refractivity contribution >= 4 is 23.4 Å². The molecule has 1 aliphatic heterocycles. The molecule has 2 rings (SSSR count). The molecule has 4 heteroatoms. The van der Waals surface area contributed by atoms with Gasteiger partial charge in [0.05, 0.1) is 6.42 Å². The first kappa shape index (κ1) is 13.3. The molecule has 0 saturated carbocycles. The molecule has 0 aliphatic carbocycles. The highest BCUT2D eigenvalue weighted by atomic mass is 32.2. The lowest BCUT2D eigenvalue weighted by Crippen LogP contribution is -2.40. The van der Waals surface area contributed by atoms with Crippen LogP contribution in [-0.4, -0.2) is 35.2 Å². The van der Waals surface area contributed by atoms with E-state index in [1.54, 1.807) is 0 Å². The Morgan fingerprint density at radius 1 is 1.39 bits per heavy atom. The molecule has 0 bridgehead atoms. The lowest BCUT2D eigenvalue weighted by Gasteiger charge is -2.35. The van der Waals surface area contributed by atoms with E-state index in [0.29, 0.717) is 12.6 Å². The van der Waals surface area contributed by atoms with Crippen LogP contribution in [0.1, 0.15) is 19.3 Å². The summed E-state index contributed by atoms with van der Waals surface area (Å²) in [5.74, 6) is 1.62. The first-order valence-electron chi connectivity index (χ1n) is 6.38. The van der Waals surface area contributed by atoms with Gasteiger partial charge in [0.1, 0.15) is 0 Å². The van der Waals surface area contributed by atoms with Crippen molar-refractivity contribution < 1.29 is 9.90 Å². The third-order valence-electron chi connectivity index (χ3n) is 3.23. The van der Waals surface area contributed by atoms with Crippen LogP contribution in [0.3, 0.4) is 0 Å². The van der Waals surface area contributed by atoms with E-state index in [9.17, 15) is 4.79 Å². The van der Waals surface area contributed by atoms with Gasteiger partial charge < -0.3 is 10.0 Å². The molecule has 98 valence electrons. The summed E-state index contributed by atoms with van der Waals surface area (Å²) in [6.45, 7) is 0.602. The number of hydrogen-bond donors (Lipinski definition) is 1. The second-order valence-corrected chi connectivity index (χ2v) is 5.69. The Morgan fingerprint density at radius 2 is 2.17 bits per heavy atom. The predicted octanol–water partition coefficient (Wildman–Crippen LogP) is 2.86. The molecule has 1 atom stereocenters. The highest BCUT2D eigenvalue weighted by molar-refractivity contribution is 7.99. The topological polar surface area (TPSA) is 40.5 Å². The Bertz CT molecular complexity index is 377. The monoisotopic (exact) mass is 265 g/mol. The summed E-state index contributed by atoms with van der Waals surface area (Å²) >= 11 is 1.97. The molecule has 1 aliphatic rings. The van der Waals surface area contributed by atoms with Crippen molar-refractivity contribution in [3.63, 3.8) is 0 Å². The second kappa shape index (κ2) is 6.69. The van der Waals surface area contributed by atoms with Gasteiger partial charge >= 0.3 is 5.97 Å². The number of carbonyl (C=O) groups is 1. The highest BCUT2D eigenvalue weighted by Gasteiger charge is 2.22. The Balaban J connectivity index is 2.08. The van der Waals surface area contributed by atoms with Crippen LogP contribution in [0.4, 0.5) is 5.69 Å². The summed E-state index contributed by atoms with van der Waals surface area (Å²) < 4.78 is 0. The SMILES string of the molecule is O=C(O)CCN(c1ccccc1)C1CCCSC1. The van der Waals surface area contributed by atoms with Crippen molar-refractivity contribution in [2.45, 2.75) is 25.3 Å². The van der Waals surface area contributed by atoms with Gasteiger partial charge in [-0.2, -0.15) is 11.8 Å². The normalized spacial score (nSPS) is 19.4. The molecule has 1 unspecified atom stereocenters. The van der Waals surface area contributed by atoms with E-state index in [4.69, 9.17) is 5.11 Å². The number of para-hydroxylation sites is 1. The average Bonchev–Trinajstić information content (AvgIpc) is 2.41. The first-order chi connectivity index (χ1) is 8.77. The Hall–Kier alpha value is -1.16. The molecular formula is C14H19NO2S. The molecular weight excluding hydrogens is 246 g/mol. The van der Waals surface area contributed by atoms with Crippen LogP contribution in [0.15, 0.2) is 30.3 Å².